The van der Waals surface area contributed by atoms with Crippen LogP contribution >= 0.6 is 23.2 Å². The number of hydrogen-bond acceptors (Lipinski definition) is 2. The summed E-state index contributed by atoms with van der Waals surface area (Å²) in [5.74, 6) is -0.818. The van der Waals surface area contributed by atoms with Gasteiger partial charge < -0.3 is 10.0 Å². The van der Waals surface area contributed by atoms with E-state index in [9.17, 15) is 14.7 Å². The summed E-state index contributed by atoms with van der Waals surface area (Å²) in [5, 5.41) is 10.5. The van der Waals surface area contributed by atoms with Crippen molar-refractivity contribution in [3.63, 3.8) is 0 Å². The Balaban J connectivity index is 1.76. The second-order valence-electron chi connectivity index (χ2n) is 6.20. The van der Waals surface area contributed by atoms with Crippen LogP contribution in [-0.2, 0) is 16.0 Å². The van der Waals surface area contributed by atoms with Crippen LogP contribution in [0, 0.1) is 11.3 Å². The van der Waals surface area contributed by atoms with Gasteiger partial charge in [0.25, 0.3) is 0 Å². The third kappa shape index (κ3) is 2.48. The number of hydrogen-bond donors (Lipinski definition) is 1. The van der Waals surface area contributed by atoms with Gasteiger partial charge in [0.2, 0.25) is 5.91 Å². The molecule has 1 aliphatic heterocycles. The van der Waals surface area contributed by atoms with Crippen LogP contribution in [0.2, 0.25) is 10.0 Å². The third-order valence-corrected chi connectivity index (χ3v) is 5.75. The van der Waals surface area contributed by atoms with Gasteiger partial charge in [-0.2, -0.15) is 0 Å². The number of rotatable bonds is 3. The van der Waals surface area contributed by atoms with E-state index in [4.69, 9.17) is 23.2 Å². The molecule has 1 aromatic rings. The zero-order valence-electron chi connectivity index (χ0n) is 12.0. The van der Waals surface area contributed by atoms with E-state index >= 15 is 0 Å². The predicted molar refractivity (Wildman–Crippen MR) is 84.2 cm³/mol. The van der Waals surface area contributed by atoms with E-state index in [1.165, 1.54) is 0 Å². The lowest BCUT2D eigenvalue weighted by Crippen LogP contribution is -2.37. The molecule has 0 unspecified atom stereocenters. The SMILES string of the molecule is O=C(Cc1c(Cl)cccc1Cl)N1C[C@@H]2CCC[C@@]2(C(=O)O)C1. The zero-order chi connectivity index (χ0) is 15.9. The molecule has 1 aromatic carbocycles. The maximum absolute atomic E-state index is 12.5. The molecule has 1 saturated carbocycles. The number of carbonyl (C=O) groups excluding carboxylic acids is 1. The predicted octanol–water partition coefficient (Wildman–Crippen LogP) is 3.25. The summed E-state index contributed by atoms with van der Waals surface area (Å²) in [5.41, 5.74) is -0.141. The molecule has 6 heteroatoms. The summed E-state index contributed by atoms with van der Waals surface area (Å²) in [6.07, 6.45) is 2.57. The maximum Gasteiger partial charge on any atom is 0.311 e. The van der Waals surface area contributed by atoms with Gasteiger partial charge in [-0.05, 0) is 36.5 Å². The minimum Gasteiger partial charge on any atom is -0.481 e. The topological polar surface area (TPSA) is 57.6 Å². The molecule has 1 saturated heterocycles. The van der Waals surface area contributed by atoms with Crippen LogP contribution in [0.25, 0.3) is 0 Å². The first-order valence-corrected chi connectivity index (χ1v) is 8.14. The standard InChI is InChI=1S/C16H17Cl2NO3/c17-12-4-1-5-13(18)11(12)7-14(20)19-8-10-3-2-6-16(10,9-19)15(21)22/h1,4-5,10H,2-3,6-9H2,(H,21,22)/t10-,16+/m0/s1. The van der Waals surface area contributed by atoms with E-state index < -0.39 is 11.4 Å². The van der Waals surface area contributed by atoms with E-state index in [-0.39, 0.29) is 18.2 Å². The fraction of sp³-hybridized carbons (Fsp3) is 0.500. The van der Waals surface area contributed by atoms with E-state index in [0.29, 0.717) is 35.1 Å². The molecule has 118 valence electrons. The molecule has 4 nitrogen and oxygen atoms in total. The number of fused-ring (bicyclic) bond motifs is 1. The van der Waals surface area contributed by atoms with Crippen molar-refractivity contribution in [2.24, 2.45) is 11.3 Å². The lowest BCUT2D eigenvalue weighted by molar-refractivity contribution is -0.149. The van der Waals surface area contributed by atoms with Gasteiger partial charge in [-0.25, -0.2) is 0 Å². The van der Waals surface area contributed by atoms with Crippen LogP contribution < -0.4 is 0 Å². The van der Waals surface area contributed by atoms with E-state index in [0.717, 1.165) is 12.8 Å². The van der Waals surface area contributed by atoms with E-state index in [2.05, 4.69) is 0 Å². The van der Waals surface area contributed by atoms with E-state index in [1.54, 1.807) is 23.1 Å². The van der Waals surface area contributed by atoms with Gasteiger partial charge >= 0.3 is 5.97 Å². The first-order chi connectivity index (χ1) is 10.4. The van der Waals surface area contributed by atoms with Gasteiger partial charge in [-0.1, -0.05) is 35.7 Å². The molecule has 0 spiro atoms. The molecule has 2 aliphatic rings. The molecule has 2 fully saturated rings. The molecule has 1 amide bonds. The lowest BCUT2D eigenvalue weighted by atomic mass is 9.81. The number of nitrogens with zero attached hydrogens (tertiary/aromatic N) is 1. The number of carboxylic acid groups (broad SMARTS) is 1. The van der Waals surface area contributed by atoms with Gasteiger partial charge in [-0.3, -0.25) is 9.59 Å². The molecule has 0 aromatic heterocycles. The number of benzene rings is 1. The summed E-state index contributed by atoms with van der Waals surface area (Å²) >= 11 is 12.2. The van der Waals surface area contributed by atoms with Crippen molar-refractivity contribution < 1.29 is 14.7 Å². The van der Waals surface area contributed by atoms with Gasteiger partial charge in [0, 0.05) is 23.1 Å². The highest BCUT2D eigenvalue weighted by molar-refractivity contribution is 6.36. The Morgan fingerprint density at radius 3 is 2.59 bits per heavy atom. The molecule has 1 heterocycles. The fourth-order valence-electron chi connectivity index (χ4n) is 3.79. The highest BCUT2D eigenvalue weighted by Crippen LogP contribution is 2.49. The Hall–Kier alpha value is -1.26. The Morgan fingerprint density at radius 1 is 1.32 bits per heavy atom. The van der Waals surface area contributed by atoms with Crippen LogP contribution in [0.5, 0.6) is 0 Å². The fourth-order valence-corrected chi connectivity index (χ4v) is 4.32. The Kier molecular flexibility index (Phi) is 4.08. The number of carboxylic acids is 1. The van der Waals surface area contributed by atoms with Crippen molar-refractivity contribution >= 4 is 35.1 Å². The van der Waals surface area contributed by atoms with Gasteiger partial charge in [0.15, 0.2) is 0 Å². The van der Waals surface area contributed by atoms with Gasteiger partial charge in [-0.15, -0.1) is 0 Å². The number of halogens is 2. The average Bonchev–Trinajstić information content (AvgIpc) is 3.00. The smallest absolute Gasteiger partial charge is 0.311 e. The van der Waals surface area contributed by atoms with Crippen molar-refractivity contribution in [2.75, 3.05) is 13.1 Å². The first kappa shape index (κ1) is 15.6. The molecule has 1 N–H and O–H groups in total. The van der Waals surface area contributed by atoms with Crippen LogP contribution in [0.4, 0.5) is 0 Å². The molecular formula is C16H17Cl2NO3. The summed E-state index contributed by atoms with van der Waals surface area (Å²) in [4.78, 5) is 25.9. The van der Waals surface area contributed by atoms with Crippen molar-refractivity contribution in [1.29, 1.82) is 0 Å². The number of aliphatic carboxylic acids is 1. The van der Waals surface area contributed by atoms with Gasteiger partial charge in [0.1, 0.15) is 0 Å². The minimum atomic E-state index is -0.777. The Labute approximate surface area is 139 Å². The largest absolute Gasteiger partial charge is 0.481 e. The molecule has 0 radical (unpaired) electrons. The Bertz CT molecular complexity index is 614. The van der Waals surface area contributed by atoms with Crippen LogP contribution in [0.3, 0.4) is 0 Å². The first-order valence-electron chi connectivity index (χ1n) is 7.38. The van der Waals surface area contributed by atoms with Crippen molar-refractivity contribution in [1.82, 2.24) is 4.90 Å². The summed E-state index contributed by atoms with van der Waals surface area (Å²) in [6.45, 7) is 0.821. The molecule has 3 rings (SSSR count). The monoisotopic (exact) mass is 341 g/mol. The highest BCUT2D eigenvalue weighted by Gasteiger charge is 2.55. The molecule has 22 heavy (non-hydrogen) atoms. The quantitative estimate of drug-likeness (QED) is 0.917. The van der Waals surface area contributed by atoms with Crippen LogP contribution in [-0.4, -0.2) is 35.0 Å². The van der Waals surface area contributed by atoms with Crippen molar-refractivity contribution in [3.05, 3.63) is 33.8 Å². The number of amides is 1. The van der Waals surface area contributed by atoms with E-state index in [1.807, 2.05) is 0 Å². The summed E-state index contributed by atoms with van der Waals surface area (Å²) in [6, 6.07) is 5.14. The lowest BCUT2D eigenvalue weighted by Gasteiger charge is -2.23. The molecule has 2 atom stereocenters. The second kappa shape index (κ2) is 5.74. The molecule has 1 aliphatic carbocycles. The molecule has 0 bridgehead atoms. The van der Waals surface area contributed by atoms with Crippen LogP contribution in [0.1, 0.15) is 24.8 Å². The van der Waals surface area contributed by atoms with Crippen molar-refractivity contribution in [2.45, 2.75) is 25.7 Å². The number of likely N-dealkylation sites (tertiary alicyclic amines) is 1. The summed E-state index contributed by atoms with van der Waals surface area (Å²) in [7, 11) is 0. The van der Waals surface area contributed by atoms with Crippen molar-refractivity contribution in [3.8, 4) is 0 Å². The Morgan fingerprint density at radius 2 is 2.00 bits per heavy atom. The second-order valence-corrected chi connectivity index (χ2v) is 7.02. The van der Waals surface area contributed by atoms with Gasteiger partial charge in [0.05, 0.1) is 11.8 Å². The zero-order valence-corrected chi connectivity index (χ0v) is 13.5. The third-order valence-electron chi connectivity index (χ3n) is 5.04. The number of carbonyl (C=O) groups is 2. The normalized spacial score (nSPS) is 27.0. The molecular weight excluding hydrogens is 325 g/mol. The highest BCUT2D eigenvalue weighted by atomic mass is 35.5. The van der Waals surface area contributed by atoms with Crippen LogP contribution in [0.15, 0.2) is 18.2 Å². The summed E-state index contributed by atoms with van der Waals surface area (Å²) < 4.78 is 0. The average molecular weight is 342 g/mol. The minimum absolute atomic E-state index is 0.0654. The maximum atomic E-state index is 12.5.